The zero-order valence-corrected chi connectivity index (χ0v) is 13.3. The molecule has 3 rings (SSSR count). The summed E-state index contributed by atoms with van der Waals surface area (Å²) in [7, 11) is -3.13. The molecule has 2 fully saturated rings. The fourth-order valence-electron chi connectivity index (χ4n) is 2.94. The first-order valence-electron chi connectivity index (χ1n) is 7.43. The number of anilines is 1. The Labute approximate surface area is 134 Å². The maximum atomic E-state index is 12.6. The number of amides is 2. The number of carbonyl (C=O) groups excluding carboxylic acids is 2. The van der Waals surface area contributed by atoms with Crippen molar-refractivity contribution < 1.29 is 23.1 Å². The van der Waals surface area contributed by atoms with Gasteiger partial charge in [-0.2, -0.15) is 0 Å². The molecule has 2 aliphatic heterocycles. The first kappa shape index (κ1) is 15.9. The van der Waals surface area contributed by atoms with Crippen LogP contribution in [0.25, 0.3) is 0 Å². The van der Waals surface area contributed by atoms with Crippen LogP contribution in [0.1, 0.15) is 6.42 Å². The van der Waals surface area contributed by atoms with E-state index in [0.717, 1.165) is 0 Å². The molecule has 1 unspecified atom stereocenters. The van der Waals surface area contributed by atoms with Crippen molar-refractivity contribution in [2.45, 2.75) is 12.0 Å². The van der Waals surface area contributed by atoms with E-state index in [1.54, 1.807) is 24.3 Å². The predicted octanol–water partition coefficient (Wildman–Crippen LogP) is -0.589. The second-order valence-electron chi connectivity index (χ2n) is 5.85. The van der Waals surface area contributed by atoms with E-state index >= 15 is 0 Å². The van der Waals surface area contributed by atoms with Crippen LogP contribution in [0, 0.1) is 0 Å². The van der Waals surface area contributed by atoms with Gasteiger partial charge in [0.2, 0.25) is 5.60 Å². The molecule has 0 bridgehead atoms. The van der Waals surface area contributed by atoms with Gasteiger partial charge in [-0.05, 0) is 12.1 Å². The van der Waals surface area contributed by atoms with Gasteiger partial charge >= 0.3 is 0 Å². The zero-order chi connectivity index (χ0) is 16.7. The number of para-hydroxylation sites is 1. The Kier molecular flexibility index (Phi) is 3.89. The SMILES string of the molecule is O=C(N1CCS(=O)(=O)CC1)C1(O)CCN(c2ccccc2)C1=O. The third-order valence-electron chi connectivity index (χ3n) is 4.35. The highest BCUT2D eigenvalue weighted by Crippen LogP contribution is 2.30. The average Bonchev–Trinajstić information content (AvgIpc) is 2.84. The Balaban J connectivity index is 1.77. The summed E-state index contributed by atoms with van der Waals surface area (Å²) >= 11 is 0. The van der Waals surface area contributed by atoms with Gasteiger partial charge in [-0.1, -0.05) is 18.2 Å². The van der Waals surface area contributed by atoms with E-state index in [1.807, 2.05) is 6.07 Å². The molecule has 2 aliphatic rings. The molecule has 0 radical (unpaired) electrons. The van der Waals surface area contributed by atoms with Gasteiger partial charge in [0, 0.05) is 31.7 Å². The van der Waals surface area contributed by atoms with Gasteiger partial charge in [-0.3, -0.25) is 9.59 Å². The van der Waals surface area contributed by atoms with E-state index in [4.69, 9.17) is 0 Å². The molecule has 1 atom stereocenters. The molecule has 0 aromatic heterocycles. The van der Waals surface area contributed by atoms with Crippen molar-refractivity contribution in [2.75, 3.05) is 36.0 Å². The van der Waals surface area contributed by atoms with Crippen molar-refractivity contribution in [3.8, 4) is 0 Å². The van der Waals surface area contributed by atoms with E-state index < -0.39 is 27.3 Å². The van der Waals surface area contributed by atoms with E-state index in [1.165, 1.54) is 9.80 Å². The molecular weight excluding hydrogens is 320 g/mol. The van der Waals surface area contributed by atoms with Crippen molar-refractivity contribution in [3.05, 3.63) is 30.3 Å². The normalized spacial score (nSPS) is 27.3. The summed E-state index contributed by atoms with van der Waals surface area (Å²) in [4.78, 5) is 27.8. The first-order chi connectivity index (χ1) is 10.8. The number of nitrogens with zero attached hydrogens (tertiary/aromatic N) is 2. The molecule has 0 aliphatic carbocycles. The number of carbonyl (C=O) groups is 2. The van der Waals surface area contributed by atoms with E-state index in [0.29, 0.717) is 5.69 Å². The van der Waals surface area contributed by atoms with Crippen LogP contribution in [-0.4, -0.2) is 67.0 Å². The van der Waals surface area contributed by atoms with Crippen LogP contribution in [0.2, 0.25) is 0 Å². The minimum atomic E-state index is -3.13. The summed E-state index contributed by atoms with van der Waals surface area (Å²) < 4.78 is 22.9. The lowest BCUT2D eigenvalue weighted by molar-refractivity contribution is -0.157. The van der Waals surface area contributed by atoms with Crippen molar-refractivity contribution in [3.63, 3.8) is 0 Å². The molecule has 1 aromatic carbocycles. The van der Waals surface area contributed by atoms with Gasteiger partial charge in [0.05, 0.1) is 11.5 Å². The molecule has 2 saturated heterocycles. The van der Waals surface area contributed by atoms with Crippen molar-refractivity contribution in [2.24, 2.45) is 0 Å². The Morgan fingerprint density at radius 3 is 2.30 bits per heavy atom. The standard InChI is InChI=1S/C15H18N2O5S/c18-13(16-8-10-23(21,22)11-9-16)15(20)6-7-17(14(15)19)12-4-2-1-3-5-12/h1-5,20H,6-11H2. The third-order valence-corrected chi connectivity index (χ3v) is 5.96. The van der Waals surface area contributed by atoms with Gasteiger partial charge in [0.1, 0.15) is 0 Å². The molecule has 23 heavy (non-hydrogen) atoms. The highest BCUT2D eigenvalue weighted by Gasteiger charge is 2.53. The quantitative estimate of drug-likeness (QED) is 0.728. The summed E-state index contributed by atoms with van der Waals surface area (Å²) in [5.41, 5.74) is -1.47. The van der Waals surface area contributed by atoms with E-state index in [-0.39, 0.29) is 37.6 Å². The maximum Gasteiger partial charge on any atom is 0.268 e. The molecule has 2 heterocycles. The van der Waals surface area contributed by atoms with Crippen LogP contribution in [0.5, 0.6) is 0 Å². The van der Waals surface area contributed by atoms with Crippen LogP contribution >= 0.6 is 0 Å². The summed E-state index contributed by atoms with van der Waals surface area (Å²) in [6, 6.07) is 8.84. The average molecular weight is 338 g/mol. The van der Waals surface area contributed by atoms with E-state index in [2.05, 4.69) is 0 Å². The van der Waals surface area contributed by atoms with Crippen molar-refractivity contribution in [1.29, 1.82) is 0 Å². The fraction of sp³-hybridized carbons (Fsp3) is 0.467. The Bertz CT molecular complexity index is 719. The van der Waals surface area contributed by atoms with Gasteiger partial charge in [0.15, 0.2) is 9.84 Å². The molecule has 2 amide bonds. The lowest BCUT2D eigenvalue weighted by Crippen LogP contribution is -2.57. The minimum Gasteiger partial charge on any atom is -0.372 e. The Hall–Kier alpha value is -1.93. The first-order valence-corrected chi connectivity index (χ1v) is 9.25. The van der Waals surface area contributed by atoms with Crippen LogP contribution in [-0.2, 0) is 19.4 Å². The minimum absolute atomic E-state index is 0.00279. The largest absolute Gasteiger partial charge is 0.372 e. The van der Waals surface area contributed by atoms with E-state index in [9.17, 15) is 23.1 Å². The number of aliphatic hydroxyl groups is 1. The maximum absolute atomic E-state index is 12.6. The Morgan fingerprint density at radius 2 is 1.70 bits per heavy atom. The van der Waals surface area contributed by atoms with Crippen molar-refractivity contribution in [1.82, 2.24) is 4.90 Å². The number of hydrogen-bond acceptors (Lipinski definition) is 5. The molecule has 0 spiro atoms. The number of rotatable bonds is 2. The van der Waals surface area contributed by atoms with Gasteiger partial charge < -0.3 is 14.9 Å². The second kappa shape index (κ2) is 5.61. The molecular formula is C15H18N2O5S. The smallest absolute Gasteiger partial charge is 0.268 e. The molecule has 0 saturated carbocycles. The number of hydrogen-bond donors (Lipinski definition) is 1. The van der Waals surface area contributed by atoms with Gasteiger partial charge in [-0.25, -0.2) is 8.42 Å². The molecule has 8 heteroatoms. The predicted molar refractivity (Wildman–Crippen MR) is 83.6 cm³/mol. The summed E-state index contributed by atoms with van der Waals surface area (Å²) in [6.45, 7) is 0.279. The van der Waals surface area contributed by atoms with Crippen LogP contribution in [0.15, 0.2) is 30.3 Å². The molecule has 1 N–H and O–H groups in total. The highest BCUT2D eigenvalue weighted by atomic mass is 32.2. The highest BCUT2D eigenvalue weighted by molar-refractivity contribution is 7.91. The van der Waals surface area contributed by atoms with Crippen LogP contribution in [0.4, 0.5) is 5.69 Å². The molecule has 7 nitrogen and oxygen atoms in total. The zero-order valence-electron chi connectivity index (χ0n) is 12.5. The lowest BCUT2D eigenvalue weighted by atomic mass is 10.0. The summed E-state index contributed by atoms with van der Waals surface area (Å²) in [6.07, 6.45) is 0.00279. The number of benzene rings is 1. The fourth-order valence-corrected chi connectivity index (χ4v) is 4.14. The summed E-state index contributed by atoms with van der Waals surface area (Å²) in [5, 5.41) is 10.6. The van der Waals surface area contributed by atoms with Gasteiger partial charge in [-0.15, -0.1) is 0 Å². The van der Waals surface area contributed by atoms with Crippen molar-refractivity contribution >= 4 is 27.3 Å². The Morgan fingerprint density at radius 1 is 1.09 bits per heavy atom. The topological polar surface area (TPSA) is 95.0 Å². The monoisotopic (exact) mass is 338 g/mol. The van der Waals surface area contributed by atoms with Crippen LogP contribution in [0.3, 0.4) is 0 Å². The van der Waals surface area contributed by atoms with Gasteiger partial charge in [0.25, 0.3) is 11.8 Å². The third kappa shape index (κ3) is 2.84. The summed E-state index contributed by atoms with van der Waals surface area (Å²) in [5.74, 6) is -1.62. The van der Waals surface area contributed by atoms with Crippen LogP contribution < -0.4 is 4.90 Å². The lowest BCUT2D eigenvalue weighted by Gasteiger charge is -2.32. The molecule has 1 aromatic rings. The second-order valence-corrected chi connectivity index (χ2v) is 8.15. The number of sulfone groups is 1. The molecule has 124 valence electrons.